The number of ether oxygens (including phenoxy) is 1. The van der Waals surface area contributed by atoms with E-state index in [0.29, 0.717) is 28.5 Å². The Balaban J connectivity index is 1.67. The Kier molecular flexibility index (Phi) is 4.98. The lowest BCUT2D eigenvalue weighted by atomic mass is 10.1. The van der Waals surface area contributed by atoms with Gasteiger partial charge in [-0.3, -0.25) is 19.4 Å². The Hall–Kier alpha value is -4.07. The maximum atomic E-state index is 12.9. The summed E-state index contributed by atoms with van der Waals surface area (Å²) >= 11 is 0. The number of rotatable bonds is 5. The van der Waals surface area contributed by atoms with Crippen molar-refractivity contribution in [3.8, 4) is 28.4 Å². The van der Waals surface area contributed by atoms with Crippen LogP contribution >= 0.6 is 0 Å². The van der Waals surface area contributed by atoms with E-state index in [9.17, 15) is 4.79 Å². The maximum Gasteiger partial charge on any atom is 0.274 e. The number of aryl methyl sites for hydroxylation is 1. The van der Waals surface area contributed by atoms with Crippen molar-refractivity contribution in [2.75, 3.05) is 12.4 Å². The molecule has 0 saturated heterocycles. The topological polar surface area (TPSA) is 94.8 Å². The maximum absolute atomic E-state index is 12.9. The molecule has 1 amide bonds. The van der Waals surface area contributed by atoms with E-state index in [2.05, 4.69) is 25.4 Å². The van der Waals surface area contributed by atoms with Crippen molar-refractivity contribution in [1.82, 2.24) is 24.7 Å². The molecule has 0 radical (unpaired) electrons. The summed E-state index contributed by atoms with van der Waals surface area (Å²) in [5.41, 5.74) is 3.45. The molecule has 0 unspecified atom stereocenters. The monoisotopic (exact) mass is 386 g/mol. The highest BCUT2D eigenvalue weighted by atomic mass is 16.5. The molecule has 0 aromatic carbocycles. The lowest BCUT2D eigenvalue weighted by Gasteiger charge is -2.10. The number of hydrogen-bond donors (Lipinski definition) is 1. The minimum absolute atomic E-state index is 0.258. The van der Waals surface area contributed by atoms with Gasteiger partial charge in [-0.1, -0.05) is 6.07 Å². The van der Waals surface area contributed by atoms with Gasteiger partial charge in [-0.25, -0.2) is 4.98 Å². The van der Waals surface area contributed by atoms with Crippen LogP contribution in [0.2, 0.25) is 0 Å². The van der Waals surface area contributed by atoms with Crippen LogP contribution in [0.3, 0.4) is 0 Å². The lowest BCUT2D eigenvalue weighted by Crippen LogP contribution is -2.14. The number of nitrogens with zero attached hydrogens (tertiary/aromatic N) is 5. The fraction of sp³-hybridized carbons (Fsp3) is 0.0952. The number of hydrogen-bond acceptors (Lipinski definition) is 6. The number of pyridine rings is 3. The molecule has 1 N–H and O–H groups in total. The predicted molar refractivity (Wildman–Crippen MR) is 108 cm³/mol. The molecule has 0 bridgehead atoms. The van der Waals surface area contributed by atoms with E-state index < -0.39 is 0 Å². The quantitative estimate of drug-likeness (QED) is 0.566. The highest BCUT2D eigenvalue weighted by Crippen LogP contribution is 2.29. The summed E-state index contributed by atoms with van der Waals surface area (Å²) in [5.74, 6) is 0.219. The van der Waals surface area contributed by atoms with Gasteiger partial charge in [0.2, 0.25) is 0 Å². The molecule has 0 aliphatic heterocycles. The largest absolute Gasteiger partial charge is 0.494 e. The predicted octanol–water partition coefficient (Wildman–Crippen LogP) is 3.20. The van der Waals surface area contributed by atoms with Crippen LogP contribution in [0.15, 0.2) is 67.3 Å². The van der Waals surface area contributed by atoms with Crippen molar-refractivity contribution >= 4 is 11.6 Å². The first kappa shape index (κ1) is 18.3. The van der Waals surface area contributed by atoms with E-state index in [1.165, 1.54) is 0 Å². The summed E-state index contributed by atoms with van der Waals surface area (Å²) < 4.78 is 7.03. The summed E-state index contributed by atoms with van der Waals surface area (Å²) in [6, 6.07) is 12.5. The van der Waals surface area contributed by atoms with Crippen molar-refractivity contribution in [1.29, 1.82) is 0 Å². The first-order valence-corrected chi connectivity index (χ1v) is 8.87. The van der Waals surface area contributed by atoms with Gasteiger partial charge in [0, 0.05) is 37.4 Å². The number of anilines is 1. The molecule has 0 atom stereocenters. The molecule has 4 aromatic heterocycles. The van der Waals surface area contributed by atoms with Gasteiger partial charge in [0.1, 0.15) is 22.8 Å². The van der Waals surface area contributed by atoms with Gasteiger partial charge >= 0.3 is 0 Å². The van der Waals surface area contributed by atoms with E-state index in [1.807, 2.05) is 30.3 Å². The minimum atomic E-state index is -0.354. The minimum Gasteiger partial charge on any atom is -0.494 e. The molecule has 4 heterocycles. The third-order valence-corrected chi connectivity index (χ3v) is 4.25. The first-order valence-electron chi connectivity index (χ1n) is 8.87. The summed E-state index contributed by atoms with van der Waals surface area (Å²) in [5, 5.41) is 7.30. The molecule has 0 fully saturated rings. The molecular formula is C21H18N6O2. The lowest BCUT2D eigenvalue weighted by molar-refractivity contribution is 0.102. The molecular weight excluding hydrogens is 368 g/mol. The Labute approximate surface area is 167 Å². The van der Waals surface area contributed by atoms with Gasteiger partial charge in [0.05, 0.1) is 18.5 Å². The molecule has 144 valence electrons. The second-order valence-electron chi connectivity index (χ2n) is 6.22. The number of carbonyl (C=O) groups is 1. The summed E-state index contributed by atoms with van der Waals surface area (Å²) in [6.07, 6.45) is 6.74. The van der Waals surface area contributed by atoms with Gasteiger partial charge in [-0.2, -0.15) is 5.10 Å². The standard InChI is InChI=1S/C21H18N6O2/c1-27-13-17(20(26-27)15-5-3-4-10-23-15)25-21(28)16-6-7-18(29-2)19(24-16)14-8-11-22-12-9-14/h3-13H,1-2H3,(H,25,28). The van der Waals surface area contributed by atoms with E-state index in [0.717, 1.165) is 5.56 Å². The third kappa shape index (κ3) is 3.81. The summed E-state index contributed by atoms with van der Waals surface area (Å²) in [6.45, 7) is 0. The SMILES string of the molecule is COc1ccc(C(=O)Nc2cn(C)nc2-c2ccccn2)nc1-c1ccncc1. The number of aromatic nitrogens is 5. The molecule has 0 spiro atoms. The zero-order valence-electron chi connectivity index (χ0n) is 15.9. The van der Waals surface area contributed by atoms with Crippen LogP contribution in [0.5, 0.6) is 5.75 Å². The second kappa shape index (κ2) is 7.89. The van der Waals surface area contributed by atoms with Crippen LogP contribution in [0, 0.1) is 0 Å². The molecule has 8 nitrogen and oxygen atoms in total. The Morgan fingerprint density at radius 2 is 1.86 bits per heavy atom. The normalized spacial score (nSPS) is 10.6. The first-order chi connectivity index (χ1) is 14.2. The Morgan fingerprint density at radius 3 is 2.59 bits per heavy atom. The highest BCUT2D eigenvalue weighted by Gasteiger charge is 2.18. The van der Waals surface area contributed by atoms with Crippen molar-refractivity contribution in [2.24, 2.45) is 7.05 Å². The van der Waals surface area contributed by atoms with Crippen LogP contribution in [0.4, 0.5) is 5.69 Å². The number of amides is 1. The zero-order valence-corrected chi connectivity index (χ0v) is 15.9. The van der Waals surface area contributed by atoms with Gasteiger partial charge < -0.3 is 10.1 Å². The Morgan fingerprint density at radius 1 is 1.03 bits per heavy atom. The van der Waals surface area contributed by atoms with Gasteiger partial charge in [0.15, 0.2) is 0 Å². The number of methoxy groups -OCH3 is 1. The van der Waals surface area contributed by atoms with Crippen LogP contribution in [0.25, 0.3) is 22.6 Å². The molecule has 0 aliphatic rings. The van der Waals surface area contributed by atoms with Crippen molar-refractivity contribution in [2.45, 2.75) is 0 Å². The summed E-state index contributed by atoms with van der Waals surface area (Å²) in [4.78, 5) is 25.7. The van der Waals surface area contributed by atoms with Crippen LogP contribution < -0.4 is 10.1 Å². The van der Waals surface area contributed by atoms with E-state index >= 15 is 0 Å². The van der Waals surface area contributed by atoms with Crippen LogP contribution in [-0.2, 0) is 7.05 Å². The molecule has 8 heteroatoms. The van der Waals surface area contributed by atoms with Crippen LogP contribution in [-0.4, -0.2) is 37.7 Å². The van der Waals surface area contributed by atoms with Gasteiger partial charge in [0.25, 0.3) is 5.91 Å². The van der Waals surface area contributed by atoms with Crippen molar-refractivity contribution in [3.05, 3.63) is 72.9 Å². The fourth-order valence-electron chi connectivity index (χ4n) is 2.91. The van der Waals surface area contributed by atoms with Crippen LogP contribution in [0.1, 0.15) is 10.5 Å². The molecule has 4 aromatic rings. The number of nitrogens with one attached hydrogen (secondary N) is 1. The molecule has 0 saturated carbocycles. The van der Waals surface area contributed by atoms with Gasteiger partial charge in [-0.15, -0.1) is 0 Å². The fourth-order valence-corrected chi connectivity index (χ4v) is 2.91. The highest BCUT2D eigenvalue weighted by molar-refractivity contribution is 6.05. The van der Waals surface area contributed by atoms with Crippen molar-refractivity contribution in [3.63, 3.8) is 0 Å². The molecule has 0 aliphatic carbocycles. The van der Waals surface area contributed by atoms with Crippen molar-refractivity contribution < 1.29 is 9.53 Å². The second-order valence-corrected chi connectivity index (χ2v) is 6.22. The smallest absolute Gasteiger partial charge is 0.274 e. The van der Waals surface area contributed by atoms with E-state index in [4.69, 9.17) is 4.74 Å². The average molecular weight is 386 g/mol. The molecule has 4 rings (SSSR count). The zero-order chi connectivity index (χ0) is 20.2. The average Bonchev–Trinajstić information content (AvgIpc) is 3.14. The van der Waals surface area contributed by atoms with E-state index in [1.54, 1.807) is 55.8 Å². The number of carbonyl (C=O) groups excluding carboxylic acids is 1. The van der Waals surface area contributed by atoms with Gasteiger partial charge in [-0.05, 0) is 36.4 Å². The third-order valence-electron chi connectivity index (χ3n) is 4.25. The summed E-state index contributed by atoms with van der Waals surface area (Å²) in [7, 11) is 3.35. The van der Waals surface area contributed by atoms with E-state index in [-0.39, 0.29) is 11.6 Å². The Bertz CT molecular complexity index is 1140. The molecule has 29 heavy (non-hydrogen) atoms.